The quantitative estimate of drug-likeness (QED) is 0.628. The third-order valence-electron chi connectivity index (χ3n) is 3.67. The summed E-state index contributed by atoms with van der Waals surface area (Å²) in [7, 11) is 0. The fraction of sp³-hybridized carbons (Fsp3) is 0.333. The second-order valence-electron chi connectivity index (χ2n) is 5.00. The lowest BCUT2D eigenvalue weighted by Crippen LogP contribution is -2.43. The number of benzene rings is 1. The third kappa shape index (κ3) is 2.15. The molecule has 114 valence electrons. The molecule has 4 rings (SSSR count). The first-order valence-electron chi connectivity index (χ1n) is 6.66. The van der Waals surface area contributed by atoms with Crippen molar-refractivity contribution in [3.8, 4) is 0 Å². The van der Waals surface area contributed by atoms with Gasteiger partial charge in [0.1, 0.15) is 5.82 Å². The molecular weight excluding hydrogens is 332 g/mol. The lowest BCUT2D eigenvalue weighted by atomic mass is 10.2. The first kappa shape index (κ1) is 13.9. The van der Waals surface area contributed by atoms with Gasteiger partial charge in [-0.1, -0.05) is 11.6 Å². The summed E-state index contributed by atoms with van der Waals surface area (Å²) < 4.78 is 17.0. The number of hydrogen-bond acceptors (Lipinski definition) is 6. The summed E-state index contributed by atoms with van der Waals surface area (Å²) in [5, 5.41) is 11.7. The Bertz CT molecular complexity index is 859. The predicted octanol–water partition coefficient (Wildman–Crippen LogP) is 1.74. The van der Waals surface area contributed by atoms with Gasteiger partial charge in [-0.2, -0.15) is 4.52 Å². The molecular formula is C12H10Cl2FN7. The minimum Gasteiger partial charge on any atom is -0.351 e. The monoisotopic (exact) mass is 341 g/mol. The Balaban J connectivity index is 1.93. The average Bonchev–Trinajstić information content (AvgIpc) is 2.99. The fourth-order valence-corrected chi connectivity index (χ4v) is 2.85. The van der Waals surface area contributed by atoms with Crippen molar-refractivity contribution in [1.82, 2.24) is 29.4 Å². The van der Waals surface area contributed by atoms with Gasteiger partial charge in [0.25, 0.3) is 0 Å². The van der Waals surface area contributed by atoms with E-state index >= 15 is 0 Å². The van der Waals surface area contributed by atoms with Crippen LogP contribution in [0.15, 0.2) is 12.1 Å². The molecule has 0 unspecified atom stereocenters. The first-order valence-corrected chi connectivity index (χ1v) is 7.37. The van der Waals surface area contributed by atoms with E-state index in [2.05, 4.69) is 20.5 Å². The molecule has 0 N–H and O–H groups in total. The van der Waals surface area contributed by atoms with Crippen LogP contribution in [0, 0.1) is 5.82 Å². The fourth-order valence-electron chi connectivity index (χ4n) is 2.54. The maximum atomic E-state index is 13.7. The van der Waals surface area contributed by atoms with Crippen LogP contribution >= 0.6 is 23.4 Å². The Kier molecular flexibility index (Phi) is 3.24. The third-order valence-corrected chi connectivity index (χ3v) is 4.29. The smallest absolute Gasteiger partial charge is 0.222 e. The molecule has 3 aromatic rings. The molecule has 0 saturated carbocycles. The van der Waals surface area contributed by atoms with E-state index in [1.165, 1.54) is 16.6 Å². The summed E-state index contributed by atoms with van der Waals surface area (Å²) in [5.74, 6) is 0.0922. The van der Waals surface area contributed by atoms with Crippen LogP contribution in [-0.2, 0) is 0 Å². The van der Waals surface area contributed by atoms with Crippen LogP contribution in [0.4, 0.5) is 10.2 Å². The normalized spacial score (nSPS) is 16.8. The molecule has 1 aliphatic heterocycles. The zero-order valence-corrected chi connectivity index (χ0v) is 12.8. The van der Waals surface area contributed by atoms with Gasteiger partial charge in [-0.05, 0) is 28.3 Å². The zero-order valence-electron chi connectivity index (χ0n) is 11.2. The Morgan fingerprint density at radius 2 is 1.91 bits per heavy atom. The zero-order chi connectivity index (χ0) is 15.3. The maximum absolute atomic E-state index is 13.7. The van der Waals surface area contributed by atoms with Crippen molar-refractivity contribution in [3.05, 3.63) is 23.0 Å². The van der Waals surface area contributed by atoms with E-state index in [0.29, 0.717) is 48.7 Å². The molecule has 1 saturated heterocycles. The van der Waals surface area contributed by atoms with E-state index in [-0.39, 0.29) is 5.02 Å². The molecule has 0 radical (unpaired) electrons. The van der Waals surface area contributed by atoms with Gasteiger partial charge >= 0.3 is 0 Å². The van der Waals surface area contributed by atoms with Crippen LogP contribution in [0.3, 0.4) is 0 Å². The number of rotatable bonds is 1. The van der Waals surface area contributed by atoms with Gasteiger partial charge in [0.2, 0.25) is 5.65 Å². The van der Waals surface area contributed by atoms with E-state index in [0.717, 1.165) is 0 Å². The van der Waals surface area contributed by atoms with Crippen LogP contribution in [0.25, 0.3) is 16.7 Å². The molecule has 0 bridgehead atoms. The van der Waals surface area contributed by atoms with Crippen molar-refractivity contribution in [2.24, 2.45) is 0 Å². The molecule has 10 heteroatoms. The SMILES string of the molecule is Fc1cc2nc(N3CCN(Cl)CC3)c3nnnn3c2cc1Cl. The van der Waals surface area contributed by atoms with E-state index < -0.39 is 5.82 Å². The molecule has 1 aliphatic rings. The average molecular weight is 342 g/mol. The van der Waals surface area contributed by atoms with Gasteiger partial charge < -0.3 is 4.90 Å². The Hall–Kier alpha value is -1.77. The molecule has 0 spiro atoms. The summed E-state index contributed by atoms with van der Waals surface area (Å²) >= 11 is 11.8. The highest BCUT2D eigenvalue weighted by molar-refractivity contribution is 6.31. The predicted molar refractivity (Wildman–Crippen MR) is 80.7 cm³/mol. The van der Waals surface area contributed by atoms with Gasteiger partial charge in [0, 0.05) is 32.2 Å². The highest BCUT2D eigenvalue weighted by Crippen LogP contribution is 2.27. The largest absolute Gasteiger partial charge is 0.351 e. The Labute approximate surface area is 134 Å². The van der Waals surface area contributed by atoms with E-state index in [1.54, 1.807) is 4.42 Å². The highest BCUT2D eigenvalue weighted by atomic mass is 35.5. The molecule has 7 nitrogen and oxygen atoms in total. The number of aromatic nitrogens is 5. The van der Waals surface area contributed by atoms with Crippen LogP contribution in [0.1, 0.15) is 0 Å². The van der Waals surface area contributed by atoms with Gasteiger partial charge in [-0.3, -0.25) is 0 Å². The van der Waals surface area contributed by atoms with Crippen LogP contribution in [-0.4, -0.2) is 55.6 Å². The number of anilines is 1. The number of piperazine rings is 1. The molecule has 0 amide bonds. The Morgan fingerprint density at radius 3 is 2.68 bits per heavy atom. The van der Waals surface area contributed by atoms with E-state index in [1.807, 2.05) is 4.90 Å². The summed E-state index contributed by atoms with van der Waals surface area (Å²) in [5.41, 5.74) is 1.52. The summed E-state index contributed by atoms with van der Waals surface area (Å²) in [6, 6.07) is 2.77. The number of fused-ring (bicyclic) bond motifs is 3. The van der Waals surface area contributed by atoms with E-state index in [9.17, 15) is 4.39 Å². The van der Waals surface area contributed by atoms with Crippen molar-refractivity contribution >= 4 is 45.9 Å². The molecule has 3 heterocycles. The van der Waals surface area contributed by atoms with Crippen molar-refractivity contribution in [2.45, 2.75) is 0 Å². The van der Waals surface area contributed by atoms with Crippen molar-refractivity contribution in [1.29, 1.82) is 0 Å². The molecule has 1 aromatic carbocycles. The topological polar surface area (TPSA) is 62.5 Å². The van der Waals surface area contributed by atoms with Gasteiger partial charge in [-0.25, -0.2) is 13.8 Å². The van der Waals surface area contributed by atoms with Crippen molar-refractivity contribution < 1.29 is 4.39 Å². The van der Waals surface area contributed by atoms with Gasteiger partial charge in [0.15, 0.2) is 5.82 Å². The minimum absolute atomic E-state index is 0.00889. The molecule has 22 heavy (non-hydrogen) atoms. The van der Waals surface area contributed by atoms with Gasteiger partial charge in [-0.15, -0.1) is 5.10 Å². The minimum atomic E-state index is -0.523. The standard InChI is InChI=1S/C12H10Cl2FN7/c13-7-5-10-9(6-8(7)15)16-11(12-17-18-19-22(10)12)20-1-3-21(14)4-2-20/h5-6H,1-4H2. The molecule has 2 aromatic heterocycles. The first-order chi connectivity index (χ1) is 10.6. The molecule has 1 fully saturated rings. The highest BCUT2D eigenvalue weighted by Gasteiger charge is 2.22. The Morgan fingerprint density at radius 1 is 1.14 bits per heavy atom. The van der Waals surface area contributed by atoms with Crippen LogP contribution in [0.2, 0.25) is 5.02 Å². The lowest BCUT2D eigenvalue weighted by molar-refractivity contribution is 0.415. The number of tetrazole rings is 1. The van der Waals surface area contributed by atoms with E-state index in [4.69, 9.17) is 23.4 Å². The number of halogens is 3. The summed E-state index contributed by atoms with van der Waals surface area (Å²) in [4.78, 5) is 6.57. The maximum Gasteiger partial charge on any atom is 0.222 e. The second kappa shape index (κ2) is 5.15. The van der Waals surface area contributed by atoms with Crippen molar-refractivity contribution in [3.63, 3.8) is 0 Å². The summed E-state index contributed by atoms with van der Waals surface area (Å²) in [6.45, 7) is 2.79. The molecule has 0 aliphatic carbocycles. The van der Waals surface area contributed by atoms with Crippen LogP contribution < -0.4 is 4.90 Å². The summed E-state index contributed by atoms with van der Waals surface area (Å²) in [6.07, 6.45) is 0. The lowest BCUT2D eigenvalue weighted by Gasteiger charge is -2.31. The van der Waals surface area contributed by atoms with Crippen molar-refractivity contribution in [2.75, 3.05) is 31.1 Å². The van der Waals surface area contributed by atoms with Gasteiger partial charge in [0.05, 0.1) is 16.1 Å². The molecule has 0 atom stereocenters. The number of nitrogens with zero attached hydrogens (tertiary/aromatic N) is 7. The van der Waals surface area contributed by atoms with Crippen LogP contribution in [0.5, 0.6) is 0 Å². The second-order valence-corrected chi connectivity index (χ2v) is 5.89. The number of hydrogen-bond donors (Lipinski definition) is 0.